The Bertz CT molecular complexity index is 456. The molecule has 0 unspecified atom stereocenters. The molecule has 0 aliphatic carbocycles. The van der Waals surface area contributed by atoms with Crippen molar-refractivity contribution in [1.29, 1.82) is 0 Å². The molecule has 3 nitrogen and oxygen atoms in total. The molecule has 0 aliphatic heterocycles. The summed E-state index contributed by atoms with van der Waals surface area (Å²) in [6.45, 7) is 3.08. The summed E-state index contributed by atoms with van der Waals surface area (Å²) in [4.78, 5) is 9.98. The summed E-state index contributed by atoms with van der Waals surface area (Å²) >= 11 is 3.91. The highest BCUT2D eigenvalue weighted by molar-refractivity contribution is 14.1. The molecule has 0 aromatic carbocycles. The Balaban J connectivity index is 2.28. The van der Waals surface area contributed by atoms with Gasteiger partial charge in [-0.15, -0.1) is 11.3 Å². The molecule has 0 fully saturated rings. The molecule has 0 aliphatic rings. The van der Waals surface area contributed by atoms with Gasteiger partial charge in [0.25, 0.3) is 0 Å². The van der Waals surface area contributed by atoms with Crippen molar-refractivity contribution >= 4 is 39.7 Å². The van der Waals surface area contributed by atoms with Crippen LogP contribution in [0.4, 0.5) is 5.82 Å². The number of hydrogen-bond donors (Lipinski definition) is 1. The molecule has 2 rings (SSSR count). The van der Waals surface area contributed by atoms with Gasteiger partial charge in [0.15, 0.2) is 5.82 Å². The molecule has 1 N–H and O–H groups in total. The summed E-state index contributed by atoms with van der Waals surface area (Å²) < 4.78 is 1.06. The van der Waals surface area contributed by atoms with E-state index in [9.17, 15) is 0 Å². The van der Waals surface area contributed by atoms with Gasteiger partial charge in [0.1, 0.15) is 5.82 Å². The highest BCUT2D eigenvalue weighted by Gasteiger charge is 2.06. The van der Waals surface area contributed by atoms with E-state index in [0.29, 0.717) is 0 Å². The van der Waals surface area contributed by atoms with Crippen LogP contribution in [-0.4, -0.2) is 16.5 Å². The SMILES string of the molecule is CCCNc1nc(-c2cccs2)ncc1I. The zero-order valence-electron chi connectivity index (χ0n) is 8.90. The molecule has 2 aromatic heterocycles. The van der Waals surface area contributed by atoms with E-state index >= 15 is 0 Å². The Morgan fingerprint density at radius 2 is 2.38 bits per heavy atom. The summed E-state index contributed by atoms with van der Waals surface area (Å²) in [5.41, 5.74) is 0. The van der Waals surface area contributed by atoms with E-state index in [-0.39, 0.29) is 0 Å². The highest BCUT2D eigenvalue weighted by Crippen LogP contribution is 2.23. The van der Waals surface area contributed by atoms with Crippen molar-refractivity contribution in [2.75, 3.05) is 11.9 Å². The minimum Gasteiger partial charge on any atom is -0.369 e. The monoisotopic (exact) mass is 345 g/mol. The predicted molar refractivity (Wildman–Crippen MR) is 76.8 cm³/mol. The Morgan fingerprint density at radius 3 is 3.06 bits per heavy atom. The number of thiophene rings is 1. The van der Waals surface area contributed by atoms with Crippen LogP contribution < -0.4 is 5.32 Å². The van der Waals surface area contributed by atoms with Crippen molar-refractivity contribution < 1.29 is 0 Å². The molecule has 0 saturated carbocycles. The third kappa shape index (κ3) is 2.70. The van der Waals surface area contributed by atoms with Crippen LogP contribution >= 0.6 is 33.9 Å². The summed E-state index contributed by atoms with van der Waals surface area (Å²) in [7, 11) is 0. The van der Waals surface area contributed by atoms with Gasteiger partial charge in [0.05, 0.1) is 8.45 Å². The molecule has 5 heteroatoms. The van der Waals surface area contributed by atoms with Gasteiger partial charge >= 0.3 is 0 Å². The summed E-state index contributed by atoms with van der Waals surface area (Å²) in [5.74, 6) is 1.73. The minimum atomic E-state index is 0.800. The van der Waals surface area contributed by atoms with Crippen LogP contribution in [-0.2, 0) is 0 Å². The third-order valence-corrected chi connectivity index (χ3v) is 3.68. The number of nitrogens with one attached hydrogen (secondary N) is 1. The first-order chi connectivity index (χ1) is 7.81. The van der Waals surface area contributed by atoms with E-state index in [1.807, 2.05) is 23.7 Å². The Kier molecular flexibility index (Phi) is 4.11. The van der Waals surface area contributed by atoms with Gasteiger partial charge in [-0.3, -0.25) is 0 Å². The number of hydrogen-bond acceptors (Lipinski definition) is 4. The molecule has 0 radical (unpaired) electrons. The lowest BCUT2D eigenvalue weighted by Crippen LogP contribution is -2.05. The third-order valence-electron chi connectivity index (χ3n) is 2.03. The zero-order chi connectivity index (χ0) is 11.4. The molecule has 0 spiro atoms. The van der Waals surface area contributed by atoms with E-state index in [4.69, 9.17) is 0 Å². The fourth-order valence-corrected chi connectivity index (χ4v) is 2.37. The molecule has 2 aromatic rings. The van der Waals surface area contributed by atoms with Gasteiger partial charge in [0, 0.05) is 12.7 Å². The van der Waals surface area contributed by atoms with Crippen LogP contribution in [0.2, 0.25) is 0 Å². The zero-order valence-corrected chi connectivity index (χ0v) is 11.9. The smallest absolute Gasteiger partial charge is 0.171 e. The van der Waals surface area contributed by atoms with Crippen molar-refractivity contribution in [1.82, 2.24) is 9.97 Å². The molecular weight excluding hydrogens is 333 g/mol. The van der Waals surface area contributed by atoms with Gasteiger partial charge < -0.3 is 5.32 Å². The largest absolute Gasteiger partial charge is 0.369 e. The fourth-order valence-electron chi connectivity index (χ4n) is 1.26. The number of nitrogens with zero attached hydrogens (tertiary/aromatic N) is 2. The fraction of sp³-hybridized carbons (Fsp3) is 0.273. The van der Waals surface area contributed by atoms with Crippen LogP contribution in [0, 0.1) is 3.57 Å². The summed E-state index contributed by atoms with van der Waals surface area (Å²) in [5, 5.41) is 5.35. The molecule has 16 heavy (non-hydrogen) atoms. The number of anilines is 1. The summed E-state index contributed by atoms with van der Waals surface area (Å²) in [6, 6.07) is 4.05. The van der Waals surface area contributed by atoms with Crippen LogP contribution in [0.3, 0.4) is 0 Å². The second-order valence-corrected chi connectivity index (χ2v) is 5.40. The molecule has 0 atom stereocenters. The molecule has 84 valence electrons. The lowest BCUT2D eigenvalue weighted by atomic mass is 10.4. The standard InChI is InChI=1S/C11H12IN3S/c1-2-5-13-10-8(12)7-14-11(15-10)9-4-3-6-16-9/h3-4,6-7H,2,5H2,1H3,(H,13,14,15). The minimum absolute atomic E-state index is 0.800. The maximum atomic E-state index is 4.53. The predicted octanol–water partition coefficient (Wildman–Crippen LogP) is 3.63. The van der Waals surface area contributed by atoms with Crippen LogP contribution in [0.5, 0.6) is 0 Å². The Labute approximate surface area is 112 Å². The number of rotatable bonds is 4. The topological polar surface area (TPSA) is 37.8 Å². The second kappa shape index (κ2) is 5.58. The maximum Gasteiger partial charge on any atom is 0.171 e. The van der Waals surface area contributed by atoms with E-state index in [2.05, 4.69) is 44.8 Å². The molecule has 0 amide bonds. The normalized spacial score (nSPS) is 10.4. The van der Waals surface area contributed by atoms with Gasteiger partial charge in [-0.1, -0.05) is 13.0 Å². The average Bonchev–Trinajstić information content (AvgIpc) is 2.81. The van der Waals surface area contributed by atoms with Crippen LogP contribution in [0.15, 0.2) is 23.7 Å². The summed E-state index contributed by atoms with van der Waals surface area (Å²) in [6.07, 6.45) is 2.95. The Morgan fingerprint density at radius 1 is 1.50 bits per heavy atom. The quantitative estimate of drug-likeness (QED) is 0.860. The van der Waals surface area contributed by atoms with Crippen molar-refractivity contribution in [3.05, 3.63) is 27.3 Å². The van der Waals surface area contributed by atoms with E-state index in [0.717, 1.165) is 33.1 Å². The van der Waals surface area contributed by atoms with Crippen LogP contribution in [0.1, 0.15) is 13.3 Å². The molecule has 2 heterocycles. The highest BCUT2D eigenvalue weighted by atomic mass is 127. The average molecular weight is 345 g/mol. The number of aromatic nitrogens is 2. The first kappa shape index (κ1) is 11.8. The van der Waals surface area contributed by atoms with E-state index in [1.165, 1.54) is 0 Å². The van der Waals surface area contributed by atoms with Gasteiger partial charge in [-0.25, -0.2) is 9.97 Å². The second-order valence-electron chi connectivity index (χ2n) is 3.29. The lowest BCUT2D eigenvalue weighted by molar-refractivity contribution is 0.963. The van der Waals surface area contributed by atoms with Gasteiger partial charge in [-0.05, 0) is 40.5 Å². The first-order valence-electron chi connectivity index (χ1n) is 5.11. The molecular formula is C11H12IN3S. The van der Waals surface area contributed by atoms with Crippen molar-refractivity contribution in [3.8, 4) is 10.7 Å². The molecule has 0 saturated heterocycles. The van der Waals surface area contributed by atoms with Crippen molar-refractivity contribution in [2.45, 2.75) is 13.3 Å². The van der Waals surface area contributed by atoms with Gasteiger partial charge in [0.2, 0.25) is 0 Å². The van der Waals surface area contributed by atoms with Gasteiger partial charge in [-0.2, -0.15) is 0 Å². The van der Waals surface area contributed by atoms with E-state index in [1.54, 1.807) is 11.3 Å². The van der Waals surface area contributed by atoms with Crippen LogP contribution in [0.25, 0.3) is 10.7 Å². The number of halogens is 1. The molecule has 0 bridgehead atoms. The maximum absolute atomic E-state index is 4.53. The van der Waals surface area contributed by atoms with E-state index < -0.39 is 0 Å². The lowest BCUT2D eigenvalue weighted by Gasteiger charge is -2.06. The van der Waals surface area contributed by atoms with Crippen molar-refractivity contribution in [2.24, 2.45) is 0 Å². The Hall–Kier alpha value is -0.690. The first-order valence-corrected chi connectivity index (χ1v) is 7.07. The van der Waals surface area contributed by atoms with Crippen molar-refractivity contribution in [3.63, 3.8) is 0 Å².